The maximum Gasteiger partial charge on any atom is 0.216 e. The van der Waals surface area contributed by atoms with E-state index in [0.717, 1.165) is 6.54 Å². The number of nitrogens with one attached hydrogen (secondary N) is 2. The third-order valence-electron chi connectivity index (χ3n) is 2.77. The van der Waals surface area contributed by atoms with Gasteiger partial charge < -0.3 is 10.6 Å². The average Bonchev–Trinajstić information content (AvgIpc) is 2.50. The third kappa shape index (κ3) is 2.21. The number of carbonyl (C=O) groups excluding carboxylic acids is 1. The normalized spacial score (nSPS) is 20.8. The number of hydrogen-bond acceptors (Lipinski definition) is 2. The van der Waals surface area contributed by atoms with Crippen molar-refractivity contribution in [2.75, 3.05) is 13.6 Å². The first-order valence-corrected chi connectivity index (χ1v) is 4.62. The fourth-order valence-corrected chi connectivity index (χ4v) is 1.86. The molecule has 0 atom stereocenters. The zero-order valence-corrected chi connectivity index (χ0v) is 7.94. The predicted molar refractivity (Wildman–Crippen MR) is 48.9 cm³/mol. The lowest BCUT2D eigenvalue weighted by atomic mass is 9.98. The van der Waals surface area contributed by atoms with Crippen molar-refractivity contribution in [3.63, 3.8) is 0 Å². The summed E-state index contributed by atoms with van der Waals surface area (Å²) >= 11 is 0. The fourth-order valence-electron chi connectivity index (χ4n) is 1.86. The number of likely N-dealkylation sites (N-methyl/N-ethyl adjacent to an activating group) is 1. The minimum absolute atomic E-state index is 0.0662. The monoisotopic (exact) mass is 170 g/mol. The molecular formula is C9H18N2O. The Bertz CT molecular complexity index is 162. The van der Waals surface area contributed by atoms with Gasteiger partial charge in [-0.05, 0) is 19.9 Å². The summed E-state index contributed by atoms with van der Waals surface area (Å²) in [5, 5.41) is 6.20. The minimum atomic E-state index is 0.0662. The molecule has 12 heavy (non-hydrogen) atoms. The van der Waals surface area contributed by atoms with Crippen LogP contribution in [0, 0.1) is 0 Å². The lowest BCUT2D eigenvalue weighted by Crippen LogP contribution is -2.49. The Morgan fingerprint density at radius 1 is 1.42 bits per heavy atom. The van der Waals surface area contributed by atoms with E-state index in [4.69, 9.17) is 0 Å². The van der Waals surface area contributed by atoms with Crippen molar-refractivity contribution < 1.29 is 4.79 Å². The second-order valence-electron chi connectivity index (χ2n) is 3.65. The van der Waals surface area contributed by atoms with Crippen LogP contribution in [0.2, 0.25) is 0 Å². The van der Waals surface area contributed by atoms with E-state index in [0.29, 0.717) is 0 Å². The molecule has 1 fully saturated rings. The highest BCUT2D eigenvalue weighted by atomic mass is 16.1. The first kappa shape index (κ1) is 9.52. The van der Waals surface area contributed by atoms with Gasteiger partial charge in [0.25, 0.3) is 0 Å². The van der Waals surface area contributed by atoms with Crippen molar-refractivity contribution in [3.05, 3.63) is 0 Å². The van der Waals surface area contributed by atoms with Gasteiger partial charge in [0.1, 0.15) is 0 Å². The van der Waals surface area contributed by atoms with Crippen molar-refractivity contribution in [1.29, 1.82) is 0 Å². The molecule has 0 aliphatic heterocycles. The SMILES string of the molecule is CNC1(CNC(C)=O)CCCC1. The summed E-state index contributed by atoms with van der Waals surface area (Å²) < 4.78 is 0. The molecule has 0 bridgehead atoms. The maximum atomic E-state index is 10.7. The lowest BCUT2D eigenvalue weighted by molar-refractivity contribution is -0.119. The zero-order chi connectivity index (χ0) is 9.03. The van der Waals surface area contributed by atoms with E-state index in [1.165, 1.54) is 25.7 Å². The maximum absolute atomic E-state index is 10.7. The molecule has 1 aliphatic rings. The van der Waals surface area contributed by atoms with Gasteiger partial charge in [0.05, 0.1) is 0 Å². The minimum Gasteiger partial charge on any atom is -0.354 e. The summed E-state index contributed by atoms with van der Waals surface area (Å²) in [5.74, 6) is 0.0662. The van der Waals surface area contributed by atoms with Gasteiger partial charge in [0.15, 0.2) is 0 Å². The molecule has 0 aromatic heterocycles. The largest absolute Gasteiger partial charge is 0.354 e. The van der Waals surface area contributed by atoms with Crippen LogP contribution in [0.1, 0.15) is 32.6 Å². The van der Waals surface area contributed by atoms with Gasteiger partial charge in [0, 0.05) is 19.0 Å². The van der Waals surface area contributed by atoms with Crippen molar-refractivity contribution in [3.8, 4) is 0 Å². The summed E-state index contributed by atoms with van der Waals surface area (Å²) in [7, 11) is 1.98. The van der Waals surface area contributed by atoms with Gasteiger partial charge >= 0.3 is 0 Å². The Kier molecular flexibility index (Phi) is 3.09. The topological polar surface area (TPSA) is 41.1 Å². The predicted octanol–water partition coefficient (Wildman–Crippen LogP) is 0.655. The van der Waals surface area contributed by atoms with E-state index in [9.17, 15) is 4.79 Å². The number of carbonyl (C=O) groups is 1. The Morgan fingerprint density at radius 2 is 2.00 bits per heavy atom. The molecule has 0 spiro atoms. The van der Waals surface area contributed by atoms with Crippen LogP contribution in [0.4, 0.5) is 0 Å². The summed E-state index contributed by atoms with van der Waals surface area (Å²) in [5.41, 5.74) is 0.186. The van der Waals surface area contributed by atoms with E-state index >= 15 is 0 Å². The molecule has 1 amide bonds. The van der Waals surface area contributed by atoms with E-state index in [1.54, 1.807) is 6.92 Å². The molecule has 0 heterocycles. The van der Waals surface area contributed by atoms with Crippen molar-refractivity contribution in [1.82, 2.24) is 10.6 Å². The second-order valence-corrected chi connectivity index (χ2v) is 3.65. The molecule has 3 nitrogen and oxygen atoms in total. The van der Waals surface area contributed by atoms with Crippen LogP contribution in [-0.4, -0.2) is 25.0 Å². The summed E-state index contributed by atoms with van der Waals surface area (Å²) in [4.78, 5) is 10.7. The van der Waals surface area contributed by atoms with E-state index in [-0.39, 0.29) is 11.4 Å². The zero-order valence-electron chi connectivity index (χ0n) is 7.94. The highest BCUT2D eigenvalue weighted by molar-refractivity contribution is 5.72. The molecular weight excluding hydrogens is 152 g/mol. The molecule has 1 rings (SSSR count). The first-order valence-electron chi connectivity index (χ1n) is 4.62. The third-order valence-corrected chi connectivity index (χ3v) is 2.77. The van der Waals surface area contributed by atoms with Gasteiger partial charge in [-0.25, -0.2) is 0 Å². The standard InChI is InChI=1S/C9H18N2O/c1-8(12)11-7-9(10-2)5-3-4-6-9/h10H,3-7H2,1-2H3,(H,11,12). The molecule has 0 aromatic rings. The van der Waals surface area contributed by atoms with Gasteiger partial charge in [-0.15, -0.1) is 0 Å². The summed E-state index contributed by atoms with van der Waals surface area (Å²) in [6.07, 6.45) is 4.93. The Morgan fingerprint density at radius 3 is 2.42 bits per heavy atom. The average molecular weight is 170 g/mol. The van der Waals surface area contributed by atoms with Crippen molar-refractivity contribution in [2.45, 2.75) is 38.1 Å². The van der Waals surface area contributed by atoms with Crippen molar-refractivity contribution in [2.24, 2.45) is 0 Å². The fraction of sp³-hybridized carbons (Fsp3) is 0.889. The van der Waals surface area contributed by atoms with Gasteiger partial charge in [-0.2, -0.15) is 0 Å². The highest BCUT2D eigenvalue weighted by Crippen LogP contribution is 2.28. The highest BCUT2D eigenvalue weighted by Gasteiger charge is 2.31. The van der Waals surface area contributed by atoms with Crippen molar-refractivity contribution >= 4 is 5.91 Å². The number of hydrogen-bond donors (Lipinski definition) is 2. The number of amides is 1. The molecule has 1 saturated carbocycles. The van der Waals surface area contributed by atoms with Gasteiger partial charge in [-0.1, -0.05) is 12.8 Å². The van der Waals surface area contributed by atoms with E-state index in [2.05, 4.69) is 10.6 Å². The summed E-state index contributed by atoms with van der Waals surface area (Å²) in [6.45, 7) is 2.34. The van der Waals surface area contributed by atoms with Crippen LogP contribution in [0.15, 0.2) is 0 Å². The molecule has 0 unspecified atom stereocenters. The molecule has 2 N–H and O–H groups in total. The molecule has 1 aliphatic carbocycles. The van der Waals surface area contributed by atoms with Crippen LogP contribution in [0.3, 0.4) is 0 Å². The smallest absolute Gasteiger partial charge is 0.216 e. The van der Waals surface area contributed by atoms with E-state index in [1.807, 2.05) is 7.05 Å². The molecule has 0 aromatic carbocycles. The Balaban J connectivity index is 2.39. The Labute approximate surface area is 73.9 Å². The van der Waals surface area contributed by atoms with Crippen LogP contribution < -0.4 is 10.6 Å². The quantitative estimate of drug-likeness (QED) is 0.653. The lowest BCUT2D eigenvalue weighted by Gasteiger charge is -2.28. The Hall–Kier alpha value is -0.570. The van der Waals surface area contributed by atoms with Gasteiger partial charge in [-0.3, -0.25) is 4.79 Å². The molecule has 70 valence electrons. The second kappa shape index (κ2) is 3.90. The van der Waals surface area contributed by atoms with Crippen LogP contribution in [0.5, 0.6) is 0 Å². The van der Waals surface area contributed by atoms with E-state index < -0.39 is 0 Å². The molecule has 3 heteroatoms. The van der Waals surface area contributed by atoms with Gasteiger partial charge in [0.2, 0.25) is 5.91 Å². The van der Waals surface area contributed by atoms with Crippen LogP contribution in [-0.2, 0) is 4.79 Å². The first-order chi connectivity index (χ1) is 5.68. The molecule has 0 saturated heterocycles. The van der Waals surface area contributed by atoms with Crippen LogP contribution in [0.25, 0.3) is 0 Å². The summed E-state index contributed by atoms with van der Waals surface area (Å²) in [6, 6.07) is 0. The molecule has 0 radical (unpaired) electrons. The van der Waals surface area contributed by atoms with Crippen LogP contribution >= 0.6 is 0 Å². The number of rotatable bonds is 3.